The van der Waals surface area contributed by atoms with Crippen molar-refractivity contribution in [2.45, 2.75) is 25.2 Å². The first kappa shape index (κ1) is 19.7. The molecule has 0 aliphatic carbocycles. The molecule has 1 heterocycles. The number of aryl methyl sites for hydroxylation is 1. The molecular formula is C19H21N5O3S. The lowest BCUT2D eigenvalue weighted by molar-refractivity contribution is -0.115. The molecule has 0 saturated heterocycles. The Hall–Kier alpha value is -3.04. The Morgan fingerprint density at radius 1 is 1.07 bits per heavy atom. The van der Waals surface area contributed by atoms with Crippen LogP contribution >= 0.6 is 0 Å². The van der Waals surface area contributed by atoms with Crippen LogP contribution in [0.3, 0.4) is 0 Å². The molecule has 0 spiro atoms. The maximum absolute atomic E-state index is 12.3. The number of anilines is 1. The van der Waals surface area contributed by atoms with Crippen molar-refractivity contribution >= 4 is 21.6 Å². The molecular weight excluding hydrogens is 378 g/mol. The van der Waals surface area contributed by atoms with E-state index in [1.54, 1.807) is 31.2 Å². The van der Waals surface area contributed by atoms with Crippen molar-refractivity contribution in [2.24, 2.45) is 0 Å². The van der Waals surface area contributed by atoms with Gasteiger partial charge in [0.2, 0.25) is 15.9 Å². The normalized spacial score (nSPS) is 11.4. The highest BCUT2D eigenvalue weighted by Gasteiger charge is 2.13. The highest BCUT2D eigenvalue weighted by molar-refractivity contribution is 7.89. The van der Waals surface area contributed by atoms with Crippen LogP contribution in [0, 0.1) is 6.92 Å². The fourth-order valence-electron chi connectivity index (χ4n) is 2.62. The molecule has 0 bridgehead atoms. The summed E-state index contributed by atoms with van der Waals surface area (Å²) in [5.41, 5.74) is 2.23. The van der Waals surface area contributed by atoms with E-state index in [0.29, 0.717) is 18.1 Å². The van der Waals surface area contributed by atoms with Crippen molar-refractivity contribution in [3.8, 4) is 11.4 Å². The molecule has 3 rings (SSSR count). The molecule has 146 valence electrons. The second-order valence-corrected chi connectivity index (χ2v) is 7.96. The van der Waals surface area contributed by atoms with E-state index in [0.717, 1.165) is 17.0 Å². The van der Waals surface area contributed by atoms with Gasteiger partial charge in [-0.05, 0) is 48.9 Å². The molecule has 28 heavy (non-hydrogen) atoms. The SMILES string of the molecule is CCNS(=O)(=O)c1ccc(CC(=O)Nc2ccc(-c3n[nH]c(C)n3)cc2)cc1. The van der Waals surface area contributed by atoms with Crippen LogP contribution in [0.2, 0.25) is 0 Å². The summed E-state index contributed by atoms with van der Waals surface area (Å²) in [6, 6.07) is 13.5. The molecule has 3 N–H and O–H groups in total. The summed E-state index contributed by atoms with van der Waals surface area (Å²) < 4.78 is 26.3. The summed E-state index contributed by atoms with van der Waals surface area (Å²) in [5, 5.41) is 9.71. The van der Waals surface area contributed by atoms with E-state index >= 15 is 0 Å². The fourth-order valence-corrected chi connectivity index (χ4v) is 3.67. The van der Waals surface area contributed by atoms with Gasteiger partial charge in [0, 0.05) is 17.8 Å². The van der Waals surface area contributed by atoms with E-state index in [9.17, 15) is 13.2 Å². The average molecular weight is 399 g/mol. The van der Waals surface area contributed by atoms with Gasteiger partial charge < -0.3 is 5.32 Å². The van der Waals surface area contributed by atoms with Gasteiger partial charge in [-0.1, -0.05) is 19.1 Å². The quantitative estimate of drug-likeness (QED) is 0.563. The number of benzene rings is 2. The van der Waals surface area contributed by atoms with Crippen LogP contribution < -0.4 is 10.0 Å². The maximum Gasteiger partial charge on any atom is 0.240 e. The zero-order chi connectivity index (χ0) is 20.1. The lowest BCUT2D eigenvalue weighted by Gasteiger charge is -2.07. The van der Waals surface area contributed by atoms with Gasteiger partial charge >= 0.3 is 0 Å². The Balaban J connectivity index is 1.61. The van der Waals surface area contributed by atoms with E-state index in [-0.39, 0.29) is 17.2 Å². The van der Waals surface area contributed by atoms with Gasteiger partial charge in [0.25, 0.3) is 0 Å². The van der Waals surface area contributed by atoms with Gasteiger partial charge in [0.05, 0.1) is 11.3 Å². The van der Waals surface area contributed by atoms with Gasteiger partial charge in [0.15, 0.2) is 5.82 Å². The molecule has 0 saturated carbocycles. The number of rotatable bonds is 7. The predicted molar refractivity (Wildman–Crippen MR) is 106 cm³/mol. The van der Waals surface area contributed by atoms with Crippen LogP contribution in [0.15, 0.2) is 53.4 Å². The van der Waals surface area contributed by atoms with Crippen LogP contribution in [0.1, 0.15) is 18.3 Å². The lowest BCUT2D eigenvalue weighted by Crippen LogP contribution is -2.23. The molecule has 0 radical (unpaired) electrons. The Bertz CT molecular complexity index is 1060. The van der Waals surface area contributed by atoms with E-state index in [4.69, 9.17) is 0 Å². The molecule has 3 aromatic rings. The first-order valence-corrected chi connectivity index (χ1v) is 10.2. The van der Waals surface area contributed by atoms with Crippen molar-refractivity contribution in [1.29, 1.82) is 0 Å². The van der Waals surface area contributed by atoms with E-state index in [1.807, 2.05) is 19.1 Å². The third-order valence-electron chi connectivity index (χ3n) is 3.96. The number of carbonyl (C=O) groups excluding carboxylic acids is 1. The second-order valence-electron chi connectivity index (χ2n) is 6.19. The first-order chi connectivity index (χ1) is 13.4. The topological polar surface area (TPSA) is 117 Å². The number of H-pyrrole nitrogens is 1. The largest absolute Gasteiger partial charge is 0.326 e. The zero-order valence-corrected chi connectivity index (χ0v) is 16.4. The van der Waals surface area contributed by atoms with Crippen LogP contribution in [-0.4, -0.2) is 36.1 Å². The molecule has 1 amide bonds. The average Bonchev–Trinajstić information content (AvgIpc) is 3.09. The number of nitrogens with one attached hydrogen (secondary N) is 3. The molecule has 1 aromatic heterocycles. The standard InChI is InChI=1S/C19H21N5O3S/c1-3-20-28(26,27)17-10-4-14(5-11-17)12-18(25)22-16-8-6-15(7-9-16)19-21-13(2)23-24-19/h4-11,20H,3,12H2,1-2H3,(H,22,25)(H,21,23,24). The Labute approximate surface area is 163 Å². The number of nitrogens with zero attached hydrogens (tertiary/aromatic N) is 2. The molecule has 2 aromatic carbocycles. The lowest BCUT2D eigenvalue weighted by atomic mass is 10.1. The van der Waals surface area contributed by atoms with Gasteiger partial charge in [-0.15, -0.1) is 0 Å². The van der Waals surface area contributed by atoms with E-state index < -0.39 is 10.0 Å². The Morgan fingerprint density at radius 3 is 2.32 bits per heavy atom. The number of sulfonamides is 1. The minimum atomic E-state index is -3.49. The molecule has 8 nitrogen and oxygen atoms in total. The summed E-state index contributed by atoms with van der Waals surface area (Å²) in [5.74, 6) is 1.14. The highest BCUT2D eigenvalue weighted by Crippen LogP contribution is 2.18. The van der Waals surface area contributed by atoms with Gasteiger partial charge in [-0.2, -0.15) is 5.10 Å². The van der Waals surface area contributed by atoms with Crippen molar-refractivity contribution in [2.75, 3.05) is 11.9 Å². The van der Waals surface area contributed by atoms with Crippen molar-refractivity contribution in [1.82, 2.24) is 19.9 Å². The fraction of sp³-hybridized carbons (Fsp3) is 0.211. The van der Waals surface area contributed by atoms with Crippen molar-refractivity contribution in [3.05, 3.63) is 59.9 Å². The van der Waals surface area contributed by atoms with Crippen LogP contribution in [0.4, 0.5) is 5.69 Å². The number of aromatic amines is 1. The van der Waals surface area contributed by atoms with Gasteiger partial charge in [-0.25, -0.2) is 18.1 Å². The van der Waals surface area contributed by atoms with E-state index in [1.165, 1.54) is 12.1 Å². The number of aromatic nitrogens is 3. The first-order valence-electron chi connectivity index (χ1n) is 8.75. The second kappa shape index (κ2) is 8.32. The highest BCUT2D eigenvalue weighted by atomic mass is 32.2. The number of hydrogen-bond acceptors (Lipinski definition) is 5. The minimum absolute atomic E-state index is 0.142. The van der Waals surface area contributed by atoms with Gasteiger partial charge in [-0.3, -0.25) is 9.89 Å². The molecule has 0 unspecified atom stereocenters. The predicted octanol–water partition coefficient (Wildman–Crippen LogP) is 2.26. The minimum Gasteiger partial charge on any atom is -0.326 e. The Kier molecular flexibility index (Phi) is 5.86. The monoisotopic (exact) mass is 399 g/mol. The zero-order valence-electron chi connectivity index (χ0n) is 15.6. The smallest absolute Gasteiger partial charge is 0.240 e. The molecule has 0 atom stereocenters. The summed E-state index contributed by atoms with van der Waals surface area (Å²) in [4.78, 5) is 16.7. The molecule has 9 heteroatoms. The third kappa shape index (κ3) is 4.81. The van der Waals surface area contributed by atoms with Crippen LogP contribution in [0.5, 0.6) is 0 Å². The third-order valence-corrected chi connectivity index (χ3v) is 5.52. The molecule has 0 fully saturated rings. The Morgan fingerprint density at radius 2 is 1.75 bits per heavy atom. The number of carbonyl (C=O) groups is 1. The van der Waals surface area contributed by atoms with Gasteiger partial charge in [0.1, 0.15) is 5.82 Å². The molecule has 0 aliphatic rings. The number of hydrogen-bond donors (Lipinski definition) is 3. The van der Waals surface area contributed by atoms with Crippen molar-refractivity contribution < 1.29 is 13.2 Å². The summed E-state index contributed by atoms with van der Waals surface area (Å²) in [6.45, 7) is 3.86. The van der Waals surface area contributed by atoms with Crippen molar-refractivity contribution in [3.63, 3.8) is 0 Å². The van der Waals surface area contributed by atoms with E-state index in [2.05, 4.69) is 25.2 Å². The summed E-state index contributed by atoms with van der Waals surface area (Å²) in [6.07, 6.45) is 0.142. The summed E-state index contributed by atoms with van der Waals surface area (Å²) >= 11 is 0. The molecule has 0 aliphatic heterocycles. The van der Waals surface area contributed by atoms with Crippen LogP contribution in [0.25, 0.3) is 11.4 Å². The van der Waals surface area contributed by atoms with Crippen LogP contribution in [-0.2, 0) is 21.2 Å². The summed E-state index contributed by atoms with van der Waals surface area (Å²) in [7, 11) is -3.49. The number of amides is 1. The maximum atomic E-state index is 12.3.